The summed E-state index contributed by atoms with van der Waals surface area (Å²) < 4.78 is 5.89. The molecule has 0 saturated carbocycles. The van der Waals surface area contributed by atoms with E-state index in [1.165, 1.54) is 12.8 Å². The molecule has 25 heavy (non-hydrogen) atoms. The van der Waals surface area contributed by atoms with Gasteiger partial charge in [-0.15, -0.1) is 0 Å². The minimum absolute atomic E-state index is 0.0256. The van der Waals surface area contributed by atoms with Crippen LogP contribution in [0.15, 0.2) is 40.8 Å². The summed E-state index contributed by atoms with van der Waals surface area (Å²) in [5.74, 6) is 2.60. The Morgan fingerprint density at radius 3 is 2.64 bits per heavy atom. The van der Waals surface area contributed by atoms with E-state index in [1.807, 2.05) is 50.2 Å². The van der Waals surface area contributed by atoms with E-state index in [2.05, 4.69) is 17.1 Å². The largest absolute Gasteiger partial charge is 0.465 e. The molecule has 1 aromatic carbocycles. The Labute approximate surface area is 150 Å². The lowest BCUT2D eigenvalue weighted by Crippen LogP contribution is -2.41. The van der Waals surface area contributed by atoms with E-state index in [9.17, 15) is 4.79 Å². The fraction of sp³-hybridized carbons (Fsp3) is 0.476. The maximum atomic E-state index is 12.5. The molecule has 1 aromatic heterocycles. The molecule has 1 saturated heterocycles. The zero-order valence-electron chi connectivity index (χ0n) is 15.4. The highest BCUT2D eigenvalue weighted by Gasteiger charge is 2.27. The van der Waals surface area contributed by atoms with Crippen LogP contribution in [0.4, 0.5) is 0 Å². The summed E-state index contributed by atoms with van der Waals surface area (Å²) in [4.78, 5) is 15.0. The summed E-state index contributed by atoms with van der Waals surface area (Å²) in [6.07, 6.45) is 2.39. The number of nitrogens with one attached hydrogen (secondary N) is 1. The van der Waals surface area contributed by atoms with Gasteiger partial charge in [0, 0.05) is 12.1 Å². The SMILES string of the molecule is Cc1cccc(C(=O)NC[C@@H](c2ccc(C)o2)N2CCC(C)CC2)c1. The normalized spacial score (nSPS) is 17.4. The van der Waals surface area contributed by atoms with Crippen LogP contribution in [0.3, 0.4) is 0 Å². The summed E-state index contributed by atoms with van der Waals surface area (Å²) in [5.41, 5.74) is 1.80. The summed E-state index contributed by atoms with van der Waals surface area (Å²) in [6.45, 7) is 8.93. The quantitative estimate of drug-likeness (QED) is 0.891. The van der Waals surface area contributed by atoms with Crippen molar-refractivity contribution >= 4 is 5.91 Å². The van der Waals surface area contributed by atoms with Crippen LogP contribution >= 0.6 is 0 Å². The van der Waals surface area contributed by atoms with E-state index in [-0.39, 0.29) is 11.9 Å². The number of piperidine rings is 1. The number of furan rings is 1. The lowest BCUT2D eigenvalue weighted by atomic mass is 9.97. The first-order chi connectivity index (χ1) is 12.0. The maximum Gasteiger partial charge on any atom is 0.251 e. The smallest absolute Gasteiger partial charge is 0.251 e. The summed E-state index contributed by atoms with van der Waals surface area (Å²) in [6, 6.07) is 11.8. The second-order valence-electron chi connectivity index (χ2n) is 7.26. The second-order valence-corrected chi connectivity index (χ2v) is 7.26. The molecular weight excluding hydrogens is 312 g/mol. The molecule has 1 atom stereocenters. The first kappa shape index (κ1) is 17.7. The van der Waals surface area contributed by atoms with Crippen LogP contribution in [0.1, 0.15) is 53.2 Å². The van der Waals surface area contributed by atoms with Crippen molar-refractivity contribution in [2.75, 3.05) is 19.6 Å². The summed E-state index contributed by atoms with van der Waals surface area (Å²) in [5, 5.41) is 3.10. The fourth-order valence-corrected chi connectivity index (χ4v) is 3.46. The molecule has 1 aliphatic heterocycles. The van der Waals surface area contributed by atoms with Crippen LogP contribution in [0.2, 0.25) is 0 Å². The number of hydrogen-bond acceptors (Lipinski definition) is 3. The third-order valence-corrected chi connectivity index (χ3v) is 5.08. The molecule has 1 fully saturated rings. The lowest BCUT2D eigenvalue weighted by molar-refractivity contribution is 0.0895. The second kappa shape index (κ2) is 7.87. The Morgan fingerprint density at radius 1 is 1.24 bits per heavy atom. The predicted octanol–water partition coefficient (Wildman–Crippen LogP) is 4.10. The number of rotatable bonds is 5. The molecule has 2 aromatic rings. The molecule has 0 unspecified atom stereocenters. The number of carbonyl (C=O) groups excluding carboxylic acids is 1. The van der Waals surface area contributed by atoms with Crippen LogP contribution in [-0.4, -0.2) is 30.4 Å². The van der Waals surface area contributed by atoms with Crippen molar-refractivity contribution < 1.29 is 9.21 Å². The Bertz CT molecular complexity index is 714. The summed E-state index contributed by atoms with van der Waals surface area (Å²) >= 11 is 0. The lowest BCUT2D eigenvalue weighted by Gasteiger charge is -2.35. The zero-order valence-corrected chi connectivity index (χ0v) is 15.4. The molecule has 0 bridgehead atoms. The molecule has 0 aliphatic carbocycles. The third-order valence-electron chi connectivity index (χ3n) is 5.08. The van der Waals surface area contributed by atoms with Crippen molar-refractivity contribution in [2.24, 2.45) is 5.92 Å². The van der Waals surface area contributed by atoms with Gasteiger partial charge in [0.25, 0.3) is 5.91 Å². The van der Waals surface area contributed by atoms with E-state index in [0.717, 1.165) is 36.1 Å². The highest BCUT2D eigenvalue weighted by atomic mass is 16.3. The van der Waals surface area contributed by atoms with Crippen LogP contribution in [0.25, 0.3) is 0 Å². The predicted molar refractivity (Wildman–Crippen MR) is 99.7 cm³/mol. The average molecular weight is 340 g/mol. The first-order valence-electron chi connectivity index (χ1n) is 9.18. The molecule has 134 valence electrons. The van der Waals surface area contributed by atoms with Gasteiger partial charge in [0.15, 0.2) is 0 Å². The molecule has 1 N–H and O–H groups in total. The van der Waals surface area contributed by atoms with E-state index in [4.69, 9.17) is 4.42 Å². The van der Waals surface area contributed by atoms with Gasteiger partial charge in [0.1, 0.15) is 11.5 Å². The Balaban J connectivity index is 1.70. The van der Waals surface area contributed by atoms with Crippen molar-refractivity contribution in [2.45, 2.75) is 39.7 Å². The van der Waals surface area contributed by atoms with Gasteiger partial charge in [0.05, 0.1) is 6.04 Å². The minimum atomic E-state index is -0.0256. The average Bonchev–Trinajstić information content (AvgIpc) is 3.02. The highest BCUT2D eigenvalue weighted by Crippen LogP contribution is 2.27. The molecule has 0 spiro atoms. The van der Waals surface area contributed by atoms with Gasteiger partial charge in [-0.25, -0.2) is 0 Å². The molecule has 1 amide bonds. The highest BCUT2D eigenvalue weighted by molar-refractivity contribution is 5.94. The van der Waals surface area contributed by atoms with Crippen LogP contribution in [0.5, 0.6) is 0 Å². The topological polar surface area (TPSA) is 45.5 Å². The number of nitrogens with zero attached hydrogens (tertiary/aromatic N) is 1. The number of hydrogen-bond donors (Lipinski definition) is 1. The molecule has 2 heterocycles. The van der Waals surface area contributed by atoms with E-state index in [1.54, 1.807) is 0 Å². The third kappa shape index (κ3) is 4.51. The minimum Gasteiger partial charge on any atom is -0.465 e. The molecule has 4 heteroatoms. The van der Waals surface area contributed by atoms with Crippen LogP contribution in [0, 0.1) is 19.8 Å². The van der Waals surface area contributed by atoms with Crippen LogP contribution < -0.4 is 5.32 Å². The van der Waals surface area contributed by atoms with Gasteiger partial charge in [-0.05, 0) is 70.0 Å². The van der Waals surface area contributed by atoms with E-state index < -0.39 is 0 Å². The van der Waals surface area contributed by atoms with Gasteiger partial charge < -0.3 is 9.73 Å². The van der Waals surface area contributed by atoms with Gasteiger partial charge >= 0.3 is 0 Å². The molecule has 3 rings (SSSR count). The van der Waals surface area contributed by atoms with Gasteiger partial charge in [-0.2, -0.15) is 0 Å². The van der Waals surface area contributed by atoms with Crippen molar-refractivity contribution in [3.05, 3.63) is 59.0 Å². The van der Waals surface area contributed by atoms with Gasteiger partial charge in [0.2, 0.25) is 0 Å². The van der Waals surface area contributed by atoms with Gasteiger partial charge in [-0.1, -0.05) is 24.6 Å². The number of benzene rings is 1. The Hall–Kier alpha value is -2.07. The van der Waals surface area contributed by atoms with E-state index >= 15 is 0 Å². The Morgan fingerprint density at radius 2 is 2.00 bits per heavy atom. The van der Waals surface area contributed by atoms with E-state index in [0.29, 0.717) is 12.1 Å². The van der Waals surface area contributed by atoms with Crippen LogP contribution in [-0.2, 0) is 0 Å². The van der Waals surface area contributed by atoms with Crippen molar-refractivity contribution in [3.8, 4) is 0 Å². The number of aryl methyl sites for hydroxylation is 2. The molecular formula is C21H28N2O2. The molecule has 0 radical (unpaired) electrons. The van der Waals surface area contributed by atoms with Crippen molar-refractivity contribution in [3.63, 3.8) is 0 Å². The molecule has 1 aliphatic rings. The molecule has 4 nitrogen and oxygen atoms in total. The standard InChI is InChI=1S/C21H28N2O2/c1-15-9-11-23(12-10-15)19(20-8-7-17(3)25-20)14-22-21(24)18-6-4-5-16(2)13-18/h4-8,13,15,19H,9-12,14H2,1-3H3,(H,22,24)/t19-/m0/s1. The first-order valence-corrected chi connectivity index (χ1v) is 9.18. The number of amides is 1. The fourth-order valence-electron chi connectivity index (χ4n) is 3.46. The number of carbonyl (C=O) groups is 1. The Kier molecular flexibility index (Phi) is 5.59. The van der Waals surface area contributed by atoms with Gasteiger partial charge in [-0.3, -0.25) is 9.69 Å². The van der Waals surface area contributed by atoms with Crippen molar-refractivity contribution in [1.82, 2.24) is 10.2 Å². The number of likely N-dealkylation sites (tertiary alicyclic amines) is 1. The van der Waals surface area contributed by atoms with Crippen molar-refractivity contribution in [1.29, 1.82) is 0 Å². The monoisotopic (exact) mass is 340 g/mol. The zero-order chi connectivity index (χ0) is 17.8. The summed E-state index contributed by atoms with van der Waals surface area (Å²) in [7, 11) is 0. The maximum absolute atomic E-state index is 12.5.